The van der Waals surface area contributed by atoms with Gasteiger partial charge < -0.3 is 14.6 Å². The molecule has 1 aliphatic heterocycles. The van der Waals surface area contributed by atoms with Crippen molar-refractivity contribution in [3.05, 3.63) is 42.1 Å². The number of hydrogen-bond donors (Lipinski definition) is 1. The average molecular weight is 446 g/mol. The molecule has 0 amide bonds. The van der Waals surface area contributed by atoms with E-state index >= 15 is 0 Å². The predicted molar refractivity (Wildman–Crippen MR) is 98.7 cm³/mol. The van der Waals surface area contributed by atoms with Gasteiger partial charge in [0.05, 0.1) is 12.8 Å². The topological polar surface area (TPSA) is 89.7 Å². The first-order valence-corrected chi connectivity index (χ1v) is 9.55. The lowest BCUT2D eigenvalue weighted by Gasteiger charge is -2.38. The van der Waals surface area contributed by atoms with E-state index in [4.69, 9.17) is 19.4 Å². The van der Waals surface area contributed by atoms with Gasteiger partial charge >= 0.3 is 12.1 Å². The Balaban J connectivity index is 0.000000339. The fourth-order valence-electron chi connectivity index (χ4n) is 3.70. The van der Waals surface area contributed by atoms with E-state index in [1.807, 2.05) is 24.1 Å². The number of pyridine rings is 1. The lowest BCUT2D eigenvalue weighted by Crippen LogP contribution is -2.51. The lowest BCUT2D eigenvalue weighted by molar-refractivity contribution is -0.192. The van der Waals surface area contributed by atoms with Crippen LogP contribution in [0.3, 0.4) is 0 Å². The highest BCUT2D eigenvalue weighted by Gasteiger charge is 2.44. The largest absolute Gasteiger partial charge is 0.490 e. The molecule has 0 unspecified atom stereocenters. The fraction of sp³-hybridized carbons (Fsp3) is 0.526. The highest BCUT2D eigenvalue weighted by Crippen LogP contribution is 2.33. The predicted octanol–water partition coefficient (Wildman–Crippen LogP) is 2.40. The van der Waals surface area contributed by atoms with E-state index in [0.29, 0.717) is 6.61 Å². The first-order valence-electron chi connectivity index (χ1n) is 9.55. The molecule has 1 aliphatic carbocycles. The zero-order chi connectivity index (χ0) is 22.6. The van der Waals surface area contributed by atoms with Crippen molar-refractivity contribution in [1.82, 2.24) is 19.7 Å². The van der Waals surface area contributed by atoms with Gasteiger partial charge in [0.2, 0.25) is 0 Å². The molecule has 4 rings (SSSR count). The van der Waals surface area contributed by atoms with E-state index in [1.165, 1.54) is 11.6 Å². The van der Waals surface area contributed by atoms with Gasteiger partial charge in [-0.3, -0.25) is 9.58 Å². The van der Waals surface area contributed by atoms with E-state index in [0.717, 1.165) is 25.9 Å². The van der Waals surface area contributed by atoms with Crippen LogP contribution in [0.2, 0.25) is 0 Å². The molecule has 170 valence electrons. The van der Waals surface area contributed by atoms with Gasteiger partial charge in [0.1, 0.15) is 12.2 Å². The molecule has 0 radical (unpaired) electrons. The van der Waals surface area contributed by atoms with Crippen molar-refractivity contribution < 1.29 is 36.9 Å². The van der Waals surface area contributed by atoms with Gasteiger partial charge in [0.25, 0.3) is 5.88 Å². The molecular weight excluding hydrogens is 424 g/mol. The number of carboxylic acid groups (broad SMARTS) is 1. The minimum absolute atomic E-state index is 0.0446. The molecule has 0 bridgehead atoms. The number of rotatable bonds is 4. The van der Waals surface area contributed by atoms with E-state index in [9.17, 15) is 17.6 Å². The van der Waals surface area contributed by atoms with Crippen LogP contribution in [0.5, 0.6) is 5.88 Å². The summed E-state index contributed by atoms with van der Waals surface area (Å²) in [5.41, 5.74) is 1.19. The number of aromatic nitrogens is 3. The Morgan fingerprint density at radius 3 is 2.74 bits per heavy atom. The molecule has 31 heavy (non-hydrogen) atoms. The Bertz CT molecular complexity index is 892. The Hall–Kier alpha value is -2.73. The maximum absolute atomic E-state index is 13.8. The molecule has 2 aromatic rings. The van der Waals surface area contributed by atoms with E-state index in [-0.39, 0.29) is 24.1 Å². The SMILES string of the molecule is Cn1cc(CN2CCO[C@H]3[C@H](Oc4ncccc4F)CC[C@@H]32)cn1.O=C(O)C(F)(F)F. The number of carbonyl (C=O) groups is 1. The highest BCUT2D eigenvalue weighted by atomic mass is 19.4. The molecule has 1 saturated carbocycles. The second-order valence-electron chi connectivity index (χ2n) is 7.22. The molecule has 12 heteroatoms. The molecule has 1 saturated heterocycles. The molecule has 1 N–H and O–H groups in total. The number of fused-ring (bicyclic) bond motifs is 1. The summed E-state index contributed by atoms with van der Waals surface area (Å²) >= 11 is 0. The zero-order valence-corrected chi connectivity index (χ0v) is 16.6. The minimum atomic E-state index is -5.08. The van der Waals surface area contributed by atoms with Gasteiger partial charge in [0, 0.05) is 44.1 Å². The van der Waals surface area contributed by atoms with Crippen LogP contribution in [-0.4, -0.2) is 68.3 Å². The quantitative estimate of drug-likeness (QED) is 0.722. The van der Waals surface area contributed by atoms with Crippen LogP contribution >= 0.6 is 0 Å². The molecule has 2 fully saturated rings. The van der Waals surface area contributed by atoms with Crippen LogP contribution in [0.25, 0.3) is 0 Å². The first kappa shape index (κ1) is 22.9. The van der Waals surface area contributed by atoms with Gasteiger partial charge in [-0.15, -0.1) is 0 Å². The summed E-state index contributed by atoms with van der Waals surface area (Å²) in [6.07, 6.45) is 2.01. The van der Waals surface area contributed by atoms with Crippen molar-refractivity contribution in [3.8, 4) is 5.88 Å². The molecule has 2 aromatic heterocycles. The highest BCUT2D eigenvalue weighted by molar-refractivity contribution is 5.73. The average Bonchev–Trinajstić information content (AvgIpc) is 3.30. The van der Waals surface area contributed by atoms with Crippen LogP contribution in [0, 0.1) is 5.82 Å². The van der Waals surface area contributed by atoms with Crippen LogP contribution in [-0.2, 0) is 23.1 Å². The van der Waals surface area contributed by atoms with Crippen LogP contribution < -0.4 is 4.74 Å². The second-order valence-corrected chi connectivity index (χ2v) is 7.22. The van der Waals surface area contributed by atoms with Crippen LogP contribution in [0.15, 0.2) is 30.7 Å². The van der Waals surface area contributed by atoms with Crippen LogP contribution in [0.4, 0.5) is 17.6 Å². The van der Waals surface area contributed by atoms with E-state index in [2.05, 4.69) is 15.0 Å². The summed E-state index contributed by atoms with van der Waals surface area (Å²) in [6.45, 7) is 2.40. The van der Waals surface area contributed by atoms with E-state index < -0.39 is 18.0 Å². The number of hydrogen-bond acceptors (Lipinski definition) is 6. The molecule has 3 heterocycles. The fourth-order valence-corrected chi connectivity index (χ4v) is 3.70. The van der Waals surface area contributed by atoms with Crippen molar-refractivity contribution in [2.75, 3.05) is 13.2 Å². The maximum Gasteiger partial charge on any atom is 0.490 e. The number of morpholine rings is 1. The summed E-state index contributed by atoms with van der Waals surface area (Å²) in [6, 6.07) is 3.22. The molecule has 0 aromatic carbocycles. The monoisotopic (exact) mass is 446 g/mol. The Labute approximate surface area is 175 Å². The molecule has 8 nitrogen and oxygen atoms in total. The van der Waals surface area contributed by atoms with Gasteiger partial charge in [-0.2, -0.15) is 18.3 Å². The van der Waals surface area contributed by atoms with Crippen LogP contribution in [0.1, 0.15) is 18.4 Å². The van der Waals surface area contributed by atoms with E-state index in [1.54, 1.807) is 12.3 Å². The maximum atomic E-state index is 13.8. The summed E-state index contributed by atoms with van der Waals surface area (Å²) in [7, 11) is 1.92. The number of halogens is 4. The molecule has 2 aliphatic rings. The third-order valence-corrected chi connectivity index (χ3v) is 5.02. The molecular formula is C19H22F4N4O4. The van der Waals surface area contributed by atoms with Crippen molar-refractivity contribution >= 4 is 5.97 Å². The number of aliphatic carboxylic acids is 1. The van der Waals surface area contributed by atoms with Crippen molar-refractivity contribution in [1.29, 1.82) is 0 Å². The van der Waals surface area contributed by atoms with Crippen molar-refractivity contribution in [3.63, 3.8) is 0 Å². The third kappa shape index (κ3) is 5.91. The van der Waals surface area contributed by atoms with Gasteiger partial charge in [0.15, 0.2) is 5.82 Å². The Morgan fingerprint density at radius 1 is 1.39 bits per heavy atom. The van der Waals surface area contributed by atoms with Gasteiger partial charge in [-0.05, 0) is 25.0 Å². The standard InChI is InChI=1S/C17H21FN4O2.C2HF3O2/c1-21-10-12(9-20-21)11-22-7-8-23-16-14(22)4-5-15(16)24-17-13(18)3-2-6-19-17;3-2(4,5)1(6)7/h2-3,6,9-10,14-16H,4-5,7-8,11H2,1H3;(H,6,7)/t14-,15+,16+;/m0./s1. The summed E-state index contributed by atoms with van der Waals surface area (Å²) in [5.74, 6) is -3.12. The number of aryl methyl sites for hydroxylation is 1. The summed E-state index contributed by atoms with van der Waals surface area (Å²) < 4.78 is 59.1. The summed E-state index contributed by atoms with van der Waals surface area (Å²) in [4.78, 5) is 15.3. The smallest absolute Gasteiger partial charge is 0.475 e. The Morgan fingerprint density at radius 2 is 2.13 bits per heavy atom. The van der Waals surface area contributed by atoms with Crippen molar-refractivity contribution in [2.24, 2.45) is 7.05 Å². The third-order valence-electron chi connectivity index (χ3n) is 5.02. The van der Waals surface area contributed by atoms with Crippen molar-refractivity contribution in [2.45, 2.75) is 43.8 Å². The second kappa shape index (κ2) is 9.60. The Kier molecular flexibility index (Phi) is 7.11. The normalized spacial score (nSPS) is 23.6. The number of alkyl halides is 3. The number of ether oxygens (including phenoxy) is 2. The number of nitrogens with zero attached hydrogens (tertiary/aromatic N) is 4. The first-order chi connectivity index (χ1) is 14.6. The minimum Gasteiger partial charge on any atom is -0.475 e. The molecule has 0 spiro atoms. The zero-order valence-electron chi connectivity index (χ0n) is 16.6. The molecule has 3 atom stereocenters. The van der Waals surface area contributed by atoms with Gasteiger partial charge in [-0.25, -0.2) is 14.2 Å². The lowest BCUT2D eigenvalue weighted by atomic mass is 10.1. The van der Waals surface area contributed by atoms with Gasteiger partial charge in [-0.1, -0.05) is 0 Å². The summed E-state index contributed by atoms with van der Waals surface area (Å²) in [5, 5.41) is 11.4. The number of carboxylic acids is 1.